The summed E-state index contributed by atoms with van der Waals surface area (Å²) in [5.74, 6) is -0.668. The fourth-order valence-electron chi connectivity index (χ4n) is 2.92. The maximum absolute atomic E-state index is 14.3. The molecule has 0 spiro atoms. The lowest BCUT2D eigenvalue weighted by Gasteiger charge is -2.38. The lowest BCUT2D eigenvalue weighted by molar-refractivity contribution is -0.141. The van der Waals surface area contributed by atoms with Crippen LogP contribution in [0.2, 0.25) is 0 Å². The second kappa shape index (κ2) is 7.01. The van der Waals surface area contributed by atoms with Crippen LogP contribution in [0.5, 0.6) is 0 Å². The highest BCUT2D eigenvalue weighted by atomic mass is 19.1. The summed E-state index contributed by atoms with van der Waals surface area (Å²) >= 11 is 0. The molecule has 0 atom stereocenters. The second-order valence-corrected chi connectivity index (χ2v) is 5.65. The van der Waals surface area contributed by atoms with Crippen molar-refractivity contribution < 1.29 is 18.8 Å². The predicted octanol–water partition coefficient (Wildman–Crippen LogP) is 3.86. The Bertz CT molecular complexity index is 573. The number of carbonyl (C=O) groups is 1. The van der Waals surface area contributed by atoms with Crippen molar-refractivity contribution in [2.45, 2.75) is 52.1 Å². The first-order chi connectivity index (χ1) is 10.5. The minimum absolute atomic E-state index is 0.237. The van der Waals surface area contributed by atoms with E-state index in [2.05, 4.69) is 5.16 Å². The SMILES string of the molecule is CCOC1(c2cc(C)ccc2F)CCC(=NOC(C)=O)CC1. The number of nitrogens with zero attached hydrogens (tertiary/aromatic N) is 1. The molecule has 0 amide bonds. The van der Waals surface area contributed by atoms with Gasteiger partial charge in [0.25, 0.3) is 0 Å². The van der Waals surface area contributed by atoms with Gasteiger partial charge in [-0.3, -0.25) is 0 Å². The zero-order valence-electron chi connectivity index (χ0n) is 13.3. The van der Waals surface area contributed by atoms with Gasteiger partial charge in [-0.1, -0.05) is 22.9 Å². The average molecular weight is 307 g/mol. The second-order valence-electron chi connectivity index (χ2n) is 5.65. The molecule has 2 rings (SSSR count). The van der Waals surface area contributed by atoms with Crippen molar-refractivity contribution >= 4 is 11.7 Å². The summed E-state index contributed by atoms with van der Waals surface area (Å²) in [5.41, 5.74) is 1.81. The van der Waals surface area contributed by atoms with Crippen LogP contribution in [0.15, 0.2) is 23.4 Å². The van der Waals surface area contributed by atoms with E-state index in [1.54, 1.807) is 6.07 Å². The molecule has 120 valence electrons. The normalized spacial score (nSPS) is 21.5. The van der Waals surface area contributed by atoms with Crippen molar-refractivity contribution in [3.05, 3.63) is 35.1 Å². The van der Waals surface area contributed by atoms with Gasteiger partial charge < -0.3 is 9.57 Å². The van der Waals surface area contributed by atoms with E-state index >= 15 is 0 Å². The van der Waals surface area contributed by atoms with Crippen molar-refractivity contribution in [3.8, 4) is 0 Å². The van der Waals surface area contributed by atoms with Gasteiger partial charge in [0, 0.05) is 19.1 Å². The zero-order valence-corrected chi connectivity index (χ0v) is 13.3. The van der Waals surface area contributed by atoms with Crippen LogP contribution in [0.3, 0.4) is 0 Å². The maximum atomic E-state index is 14.3. The Balaban J connectivity index is 2.23. The van der Waals surface area contributed by atoms with Crippen LogP contribution in [0.4, 0.5) is 4.39 Å². The summed E-state index contributed by atoms with van der Waals surface area (Å²) in [4.78, 5) is 15.5. The molecule has 4 nitrogen and oxygen atoms in total. The molecule has 0 unspecified atom stereocenters. The Morgan fingerprint density at radius 3 is 2.64 bits per heavy atom. The van der Waals surface area contributed by atoms with Gasteiger partial charge >= 0.3 is 5.97 Å². The standard InChI is InChI=1S/C17H22FNO3/c1-4-21-17(15-11-12(2)5-6-16(15)18)9-7-14(8-10-17)19-22-13(3)20/h5-6,11H,4,7-10H2,1-3H3. The van der Waals surface area contributed by atoms with Gasteiger partial charge in [-0.25, -0.2) is 9.18 Å². The fourth-order valence-corrected chi connectivity index (χ4v) is 2.92. The number of hydrogen-bond donors (Lipinski definition) is 0. The number of oxime groups is 1. The van der Waals surface area contributed by atoms with Crippen LogP contribution in [-0.4, -0.2) is 18.3 Å². The quantitative estimate of drug-likeness (QED) is 0.627. The lowest BCUT2D eigenvalue weighted by atomic mass is 9.78. The fraction of sp³-hybridized carbons (Fsp3) is 0.529. The predicted molar refractivity (Wildman–Crippen MR) is 82.1 cm³/mol. The van der Waals surface area contributed by atoms with E-state index in [9.17, 15) is 9.18 Å². The van der Waals surface area contributed by atoms with Crippen LogP contribution in [0, 0.1) is 12.7 Å². The number of carbonyl (C=O) groups excluding carboxylic acids is 1. The summed E-state index contributed by atoms with van der Waals surface area (Å²) in [6.07, 6.45) is 2.50. The summed E-state index contributed by atoms with van der Waals surface area (Å²) in [7, 11) is 0. The van der Waals surface area contributed by atoms with Gasteiger partial charge in [-0.2, -0.15) is 0 Å². The highest BCUT2D eigenvalue weighted by Crippen LogP contribution is 2.41. The first-order valence-corrected chi connectivity index (χ1v) is 7.61. The van der Waals surface area contributed by atoms with Crippen molar-refractivity contribution in [2.75, 3.05) is 6.61 Å². The van der Waals surface area contributed by atoms with Gasteiger partial charge in [-0.15, -0.1) is 0 Å². The first-order valence-electron chi connectivity index (χ1n) is 7.61. The summed E-state index contributed by atoms with van der Waals surface area (Å²) < 4.78 is 20.3. The summed E-state index contributed by atoms with van der Waals surface area (Å²) in [6.45, 7) is 5.69. The lowest BCUT2D eigenvalue weighted by Crippen LogP contribution is -2.36. The molecule has 1 fully saturated rings. The first kappa shape index (κ1) is 16.6. The van der Waals surface area contributed by atoms with Crippen molar-refractivity contribution in [1.82, 2.24) is 0 Å². The Morgan fingerprint density at radius 1 is 1.36 bits per heavy atom. The third-order valence-electron chi connectivity index (χ3n) is 3.97. The van der Waals surface area contributed by atoms with E-state index in [0.717, 1.165) is 11.3 Å². The van der Waals surface area contributed by atoms with Gasteiger partial charge in [0.15, 0.2) is 0 Å². The van der Waals surface area contributed by atoms with Crippen LogP contribution in [0.25, 0.3) is 0 Å². The van der Waals surface area contributed by atoms with Crippen LogP contribution in [-0.2, 0) is 20.0 Å². The smallest absolute Gasteiger partial charge is 0.331 e. The Morgan fingerprint density at radius 2 is 2.05 bits per heavy atom. The molecule has 0 N–H and O–H groups in total. The molecule has 1 saturated carbocycles. The largest absolute Gasteiger partial charge is 0.370 e. The highest BCUT2D eigenvalue weighted by Gasteiger charge is 2.38. The average Bonchev–Trinajstić information content (AvgIpc) is 2.49. The molecular weight excluding hydrogens is 285 g/mol. The summed E-state index contributed by atoms with van der Waals surface area (Å²) in [6, 6.07) is 5.11. The van der Waals surface area contributed by atoms with Gasteiger partial charge in [0.05, 0.1) is 11.3 Å². The molecule has 0 aliphatic heterocycles. The summed E-state index contributed by atoms with van der Waals surface area (Å²) in [5, 5.41) is 3.86. The Kier molecular flexibility index (Phi) is 5.29. The number of rotatable bonds is 4. The van der Waals surface area contributed by atoms with Crippen LogP contribution >= 0.6 is 0 Å². The van der Waals surface area contributed by atoms with Crippen molar-refractivity contribution in [2.24, 2.45) is 5.16 Å². The molecule has 22 heavy (non-hydrogen) atoms. The molecule has 0 saturated heterocycles. The van der Waals surface area contributed by atoms with Gasteiger partial charge in [-0.05, 0) is 45.6 Å². The van der Waals surface area contributed by atoms with Gasteiger partial charge in [0.2, 0.25) is 0 Å². The highest BCUT2D eigenvalue weighted by molar-refractivity contribution is 5.85. The third-order valence-corrected chi connectivity index (χ3v) is 3.97. The van der Waals surface area contributed by atoms with Gasteiger partial charge in [0.1, 0.15) is 5.82 Å². The maximum Gasteiger partial charge on any atom is 0.331 e. The zero-order chi connectivity index (χ0) is 16.2. The molecule has 1 aromatic carbocycles. The Hall–Kier alpha value is -1.75. The van der Waals surface area contributed by atoms with Crippen molar-refractivity contribution in [1.29, 1.82) is 0 Å². The number of benzene rings is 1. The van der Waals surface area contributed by atoms with Crippen molar-refractivity contribution in [3.63, 3.8) is 0 Å². The van der Waals surface area contributed by atoms with Crippen LogP contribution in [0.1, 0.15) is 50.7 Å². The van der Waals surface area contributed by atoms with E-state index in [4.69, 9.17) is 9.57 Å². The molecule has 0 bridgehead atoms. The number of halogens is 1. The molecule has 0 heterocycles. The Labute approximate surface area is 130 Å². The molecule has 1 aromatic rings. The van der Waals surface area contributed by atoms with E-state index in [0.29, 0.717) is 37.9 Å². The molecule has 0 aromatic heterocycles. The molecule has 5 heteroatoms. The van der Waals surface area contributed by atoms with E-state index in [-0.39, 0.29) is 5.82 Å². The number of hydrogen-bond acceptors (Lipinski definition) is 4. The number of aryl methyl sites for hydroxylation is 1. The van der Waals surface area contributed by atoms with E-state index < -0.39 is 11.6 Å². The minimum atomic E-state index is -0.625. The molecule has 1 aliphatic rings. The van der Waals surface area contributed by atoms with E-state index in [1.165, 1.54) is 13.0 Å². The third kappa shape index (κ3) is 3.71. The minimum Gasteiger partial charge on any atom is -0.370 e. The molecule has 0 radical (unpaired) electrons. The number of ether oxygens (including phenoxy) is 1. The van der Waals surface area contributed by atoms with E-state index in [1.807, 2.05) is 19.9 Å². The monoisotopic (exact) mass is 307 g/mol. The molecular formula is C17H22FNO3. The van der Waals surface area contributed by atoms with Crippen LogP contribution < -0.4 is 0 Å². The molecule has 1 aliphatic carbocycles. The topological polar surface area (TPSA) is 47.9 Å².